The molecule has 6 heteroatoms. The molecule has 0 radical (unpaired) electrons. The Kier molecular flexibility index (Phi) is 2.90. The molecule has 3 rings (SSSR count). The number of pyridine rings is 1. The normalized spacial score (nSPS) is 10.8. The molecule has 3 aromatic rings. The van der Waals surface area contributed by atoms with Crippen LogP contribution in [0, 0.1) is 0 Å². The Labute approximate surface area is 114 Å². The zero-order valence-corrected chi connectivity index (χ0v) is 10.9. The maximum absolute atomic E-state index is 11.9. The number of anilines is 1. The third-order valence-electron chi connectivity index (χ3n) is 2.99. The highest BCUT2D eigenvalue weighted by Gasteiger charge is 2.11. The minimum absolute atomic E-state index is 0.324. The first-order valence-corrected chi connectivity index (χ1v) is 6.05. The molecule has 102 valence electrons. The lowest BCUT2D eigenvalue weighted by Crippen LogP contribution is -2.15. The second-order valence-corrected chi connectivity index (χ2v) is 4.39. The molecule has 0 amide bonds. The maximum atomic E-state index is 11.9. The molecule has 2 N–H and O–H groups in total. The number of nitrogen functional groups attached to an aromatic ring is 1. The van der Waals surface area contributed by atoms with Gasteiger partial charge >= 0.3 is 5.76 Å². The van der Waals surface area contributed by atoms with E-state index in [1.165, 1.54) is 4.57 Å². The lowest BCUT2D eigenvalue weighted by Gasteiger charge is -2.07. The zero-order valence-electron chi connectivity index (χ0n) is 10.9. The summed E-state index contributed by atoms with van der Waals surface area (Å²) in [5.74, 6) is 0.203. The number of nitrogens with two attached hydrogens (primary N) is 1. The van der Waals surface area contributed by atoms with Gasteiger partial charge in [-0.3, -0.25) is 4.57 Å². The van der Waals surface area contributed by atoms with Gasteiger partial charge in [0.2, 0.25) is 0 Å². The van der Waals surface area contributed by atoms with Crippen LogP contribution in [0.4, 0.5) is 5.69 Å². The van der Waals surface area contributed by atoms with Crippen molar-refractivity contribution in [1.29, 1.82) is 0 Å². The number of rotatable bonds is 3. The van der Waals surface area contributed by atoms with Gasteiger partial charge in [-0.15, -0.1) is 0 Å². The van der Waals surface area contributed by atoms with Crippen LogP contribution < -0.4 is 16.2 Å². The number of methoxy groups -OCH3 is 1. The maximum Gasteiger partial charge on any atom is 0.421 e. The first-order valence-electron chi connectivity index (χ1n) is 6.05. The molecular formula is C14H13N3O3. The fourth-order valence-corrected chi connectivity index (χ4v) is 2.12. The van der Waals surface area contributed by atoms with E-state index in [9.17, 15) is 4.79 Å². The third-order valence-corrected chi connectivity index (χ3v) is 2.99. The van der Waals surface area contributed by atoms with Crippen LogP contribution in [0.2, 0.25) is 0 Å². The van der Waals surface area contributed by atoms with Gasteiger partial charge in [-0.2, -0.15) is 0 Å². The number of aromatic nitrogens is 2. The summed E-state index contributed by atoms with van der Waals surface area (Å²) in [5.41, 5.74) is 8.21. The molecule has 1 aromatic carbocycles. The number of hydrogen-bond donors (Lipinski definition) is 1. The first kappa shape index (κ1) is 12.3. The van der Waals surface area contributed by atoms with Crippen LogP contribution in [0.15, 0.2) is 45.7 Å². The lowest BCUT2D eigenvalue weighted by atomic mass is 10.2. The predicted octanol–water partition coefficient (Wildman–Crippen LogP) is 1.63. The molecule has 0 atom stereocenters. The van der Waals surface area contributed by atoms with Gasteiger partial charge in [-0.05, 0) is 29.8 Å². The van der Waals surface area contributed by atoms with Crippen molar-refractivity contribution < 1.29 is 9.15 Å². The molecule has 0 bridgehead atoms. The molecule has 6 nitrogen and oxygen atoms in total. The molecular weight excluding hydrogens is 258 g/mol. The van der Waals surface area contributed by atoms with E-state index in [0.29, 0.717) is 29.2 Å². The molecule has 0 unspecified atom stereocenters. The molecule has 0 fully saturated rings. The van der Waals surface area contributed by atoms with E-state index < -0.39 is 5.76 Å². The second kappa shape index (κ2) is 4.73. The monoisotopic (exact) mass is 271 g/mol. The number of hydrogen-bond acceptors (Lipinski definition) is 5. The van der Waals surface area contributed by atoms with E-state index in [1.54, 1.807) is 37.6 Å². The van der Waals surface area contributed by atoms with Crippen LogP contribution in [0.3, 0.4) is 0 Å². The standard InChI is InChI=1S/C14H13N3O3/c1-19-11-6-9(5-10(15)7-11)8-17-13-12(20-14(17)18)3-2-4-16-13/h2-7H,8,15H2,1H3. The minimum Gasteiger partial charge on any atom is -0.497 e. The van der Waals surface area contributed by atoms with Crippen molar-refractivity contribution in [3.05, 3.63) is 52.6 Å². The van der Waals surface area contributed by atoms with Gasteiger partial charge in [-0.1, -0.05) is 0 Å². The van der Waals surface area contributed by atoms with Crippen LogP contribution in [0.5, 0.6) is 5.75 Å². The molecule has 0 spiro atoms. The van der Waals surface area contributed by atoms with Gasteiger partial charge in [0.15, 0.2) is 11.2 Å². The van der Waals surface area contributed by atoms with Crippen molar-refractivity contribution in [2.24, 2.45) is 0 Å². The Balaban J connectivity index is 2.07. The summed E-state index contributed by atoms with van der Waals surface area (Å²) in [6.45, 7) is 0.324. The Morgan fingerprint density at radius 2 is 2.25 bits per heavy atom. The summed E-state index contributed by atoms with van der Waals surface area (Å²) in [6, 6.07) is 8.76. The number of oxazole rings is 1. The van der Waals surface area contributed by atoms with Crippen molar-refractivity contribution >= 4 is 16.9 Å². The van der Waals surface area contributed by atoms with Crippen LogP contribution in [0.25, 0.3) is 11.2 Å². The van der Waals surface area contributed by atoms with Gasteiger partial charge in [0, 0.05) is 18.0 Å². The number of nitrogens with zero attached hydrogens (tertiary/aromatic N) is 2. The Morgan fingerprint density at radius 3 is 3.05 bits per heavy atom. The lowest BCUT2D eigenvalue weighted by molar-refractivity contribution is 0.414. The Hall–Kier alpha value is -2.76. The van der Waals surface area contributed by atoms with E-state index in [0.717, 1.165) is 5.56 Å². The van der Waals surface area contributed by atoms with Crippen LogP contribution >= 0.6 is 0 Å². The van der Waals surface area contributed by atoms with E-state index >= 15 is 0 Å². The molecule has 0 aliphatic heterocycles. The van der Waals surface area contributed by atoms with Gasteiger partial charge in [-0.25, -0.2) is 9.78 Å². The minimum atomic E-state index is -0.444. The molecule has 20 heavy (non-hydrogen) atoms. The second-order valence-electron chi connectivity index (χ2n) is 4.39. The van der Waals surface area contributed by atoms with E-state index in [-0.39, 0.29) is 0 Å². The largest absolute Gasteiger partial charge is 0.497 e. The summed E-state index contributed by atoms with van der Waals surface area (Å²) < 4.78 is 11.8. The van der Waals surface area contributed by atoms with Crippen molar-refractivity contribution in [2.75, 3.05) is 12.8 Å². The smallest absolute Gasteiger partial charge is 0.421 e. The fraction of sp³-hybridized carbons (Fsp3) is 0.143. The summed E-state index contributed by atoms with van der Waals surface area (Å²) in [5, 5.41) is 0. The highest BCUT2D eigenvalue weighted by molar-refractivity contribution is 5.67. The molecule has 0 aliphatic carbocycles. The van der Waals surface area contributed by atoms with E-state index in [4.69, 9.17) is 14.9 Å². The number of fused-ring (bicyclic) bond motifs is 1. The molecule has 0 saturated carbocycles. The van der Waals surface area contributed by atoms with Gasteiger partial charge < -0.3 is 14.9 Å². The van der Waals surface area contributed by atoms with Crippen LogP contribution in [-0.4, -0.2) is 16.7 Å². The van der Waals surface area contributed by atoms with Gasteiger partial charge in [0.05, 0.1) is 13.7 Å². The SMILES string of the molecule is COc1cc(N)cc(Cn2c(=O)oc3cccnc32)c1. The van der Waals surface area contributed by atoms with Crippen LogP contribution in [-0.2, 0) is 6.54 Å². The van der Waals surface area contributed by atoms with Crippen molar-refractivity contribution in [3.63, 3.8) is 0 Å². The highest BCUT2D eigenvalue weighted by Crippen LogP contribution is 2.20. The quantitative estimate of drug-likeness (QED) is 0.732. The van der Waals surface area contributed by atoms with Gasteiger partial charge in [0.25, 0.3) is 0 Å². The van der Waals surface area contributed by atoms with Crippen LogP contribution in [0.1, 0.15) is 5.56 Å². The summed E-state index contributed by atoms with van der Waals surface area (Å²) in [4.78, 5) is 16.0. The first-order chi connectivity index (χ1) is 9.67. The molecule has 0 aliphatic rings. The number of benzene rings is 1. The molecule has 2 aromatic heterocycles. The van der Waals surface area contributed by atoms with Gasteiger partial charge in [0.1, 0.15) is 5.75 Å². The Bertz CT molecular complexity index is 820. The average molecular weight is 271 g/mol. The third kappa shape index (κ3) is 2.11. The predicted molar refractivity (Wildman–Crippen MR) is 74.8 cm³/mol. The topological polar surface area (TPSA) is 83.3 Å². The fourth-order valence-electron chi connectivity index (χ4n) is 2.12. The zero-order chi connectivity index (χ0) is 14.1. The van der Waals surface area contributed by atoms with Crippen molar-refractivity contribution in [3.8, 4) is 5.75 Å². The summed E-state index contributed by atoms with van der Waals surface area (Å²) in [7, 11) is 1.57. The van der Waals surface area contributed by atoms with E-state index in [1.807, 2.05) is 6.07 Å². The molecule has 0 saturated heterocycles. The van der Waals surface area contributed by atoms with Crippen molar-refractivity contribution in [2.45, 2.75) is 6.54 Å². The molecule has 2 heterocycles. The summed E-state index contributed by atoms with van der Waals surface area (Å²) in [6.07, 6.45) is 1.62. The summed E-state index contributed by atoms with van der Waals surface area (Å²) >= 11 is 0. The average Bonchev–Trinajstić information content (AvgIpc) is 2.75. The highest BCUT2D eigenvalue weighted by atomic mass is 16.5. The van der Waals surface area contributed by atoms with E-state index in [2.05, 4.69) is 4.98 Å². The number of ether oxygens (including phenoxy) is 1. The van der Waals surface area contributed by atoms with Crippen molar-refractivity contribution in [1.82, 2.24) is 9.55 Å². The Morgan fingerprint density at radius 1 is 1.40 bits per heavy atom.